The lowest BCUT2D eigenvalue weighted by atomic mass is 10.0. The molecular weight excluding hydrogens is 266 g/mol. The van der Waals surface area contributed by atoms with Crippen molar-refractivity contribution in [2.24, 2.45) is 5.92 Å². The molecule has 1 heterocycles. The summed E-state index contributed by atoms with van der Waals surface area (Å²) in [4.78, 5) is 11.6. The van der Waals surface area contributed by atoms with E-state index in [4.69, 9.17) is 21.6 Å². The van der Waals surface area contributed by atoms with Crippen molar-refractivity contribution in [2.75, 3.05) is 6.61 Å². The van der Waals surface area contributed by atoms with Gasteiger partial charge in [-0.1, -0.05) is 18.5 Å². The van der Waals surface area contributed by atoms with Gasteiger partial charge < -0.3 is 4.74 Å². The maximum atomic E-state index is 11.6. The minimum Gasteiger partial charge on any atom is -0.465 e. The van der Waals surface area contributed by atoms with Crippen LogP contribution in [0.2, 0.25) is 5.02 Å². The Labute approximate surface area is 118 Å². The zero-order valence-corrected chi connectivity index (χ0v) is 12.2. The Morgan fingerprint density at radius 3 is 2.68 bits per heavy atom. The third kappa shape index (κ3) is 3.48. The fraction of sp³-hybridized carbons (Fsp3) is 0.615. The number of hydrogen-bond donors (Lipinski definition) is 0. The molecule has 0 bridgehead atoms. The first-order chi connectivity index (χ1) is 9.08. The summed E-state index contributed by atoms with van der Waals surface area (Å²) < 4.78 is 6.62. The van der Waals surface area contributed by atoms with E-state index in [9.17, 15) is 4.79 Å². The molecular formula is C13H18ClN3O2. The van der Waals surface area contributed by atoms with Crippen molar-refractivity contribution in [2.45, 2.75) is 40.2 Å². The van der Waals surface area contributed by atoms with E-state index in [2.05, 4.69) is 5.10 Å². The maximum absolute atomic E-state index is 11.6. The first-order valence-corrected chi connectivity index (χ1v) is 6.76. The highest BCUT2D eigenvalue weighted by atomic mass is 35.5. The number of carbonyl (C=O) groups excluding carboxylic acids is 1. The Hall–Kier alpha value is -1.54. The van der Waals surface area contributed by atoms with Crippen LogP contribution in [0.3, 0.4) is 0 Å². The zero-order valence-electron chi connectivity index (χ0n) is 11.4. The molecule has 0 radical (unpaired) electrons. The van der Waals surface area contributed by atoms with Crippen LogP contribution in [-0.4, -0.2) is 22.4 Å². The molecule has 0 aliphatic carbocycles. The summed E-state index contributed by atoms with van der Waals surface area (Å²) in [6.45, 7) is 6.53. The lowest BCUT2D eigenvalue weighted by Gasteiger charge is -2.10. The van der Waals surface area contributed by atoms with Gasteiger partial charge >= 0.3 is 5.97 Å². The SMILES string of the molecule is CCOC(=O)C(C#N)Cc1c(Cl)c(CC)nn1CC. The molecule has 0 aliphatic rings. The maximum Gasteiger partial charge on any atom is 0.323 e. The molecule has 0 saturated heterocycles. The first kappa shape index (κ1) is 15.5. The Morgan fingerprint density at radius 1 is 1.53 bits per heavy atom. The molecule has 0 N–H and O–H groups in total. The van der Waals surface area contributed by atoms with E-state index >= 15 is 0 Å². The van der Waals surface area contributed by atoms with E-state index < -0.39 is 11.9 Å². The van der Waals surface area contributed by atoms with Gasteiger partial charge in [-0.3, -0.25) is 9.48 Å². The van der Waals surface area contributed by atoms with E-state index in [1.54, 1.807) is 11.6 Å². The van der Waals surface area contributed by atoms with Crippen molar-refractivity contribution in [1.82, 2.24) is 9.78 Å². The number of rotatable bonds is 6. The molecule has 1 aromatic heterocycles. The molecule has 1 unspecified atom stereocenters. The Balaban J connectivity index is 3.00. The molecule has 1 rings (SSSR count). The Morgan fingerprint density at radius 2 is 2.21 bits per heavy atom. The van der Waals surface area contributed by atoms with Crippen molar-refractivity contribution >= 4 is 17.6 Å². The van der Waals surface area contributed by atoms with Crippen LogP contribution in [-0.2, 0) is 28.9 Å². The van der Waals surface area contributed by atoms with Gasteiger partial charge in [-0.15, -0.1) is 0 Å². The predicted octanol–water partition coefficient (Wildman–Crippen LogP) is 2.36. The predicted molar refractivity (Wildman–Crippen MR) is 71.7 cm³/mol. The highest BCUT2D eigenvalue weighted by molar-refractivity contribution is 6.31. The van der Waals surface area contributed by atoms with E-state index in [1.807, 2.05) is 19.9 Å². The van der Waals surface area contributed by atoms with Crippen molar-refractivity contribution in [1.29, 1.82) is 5.26 Å². The molecule has 0 saturated carbocycles. The second kappa shape index (κ2) is 7.15. The van der Waals surface area contributed by atoms with Crippen molar-refractivity contribution in [3.05, 3.63) is 16.4 Å². The van der Waals surface area contributed by atoms with Gasteiger partial charge in [-0.2, -0.15) is 10.4 Å². The summed E-state index contributed by atoms with van der Waals surface area (Å²) in [5.74, 6) is -1.35. The number of aromatic nitrogens is 2. The third-order valence-electron chi connectivity index (χ3n) is 2.82. The largest absolute Gasteiger partial charge is 0.465 e. The summed E-state index contributed by atoms with van der Waals surface area (Å²) in [6, 6.07) is 1.97. The van der Waals surface area contributed by atoms with E-state index in [1.165, 1.54) is 0 Å². The van der Waals surface area contributed by atoms with Crippen LogP contribution in [0.5, 0.6) is 0 Å². The normalized spacial score (nSPS) is 11.9. The van der Waals surface area contributed by atoms with Crippen molar-refractivity contribution < 1.29 is 9.53 Å². The Kier molecular flexibility index (Phi) is 5.84. The van der Waals surface area contributed by atoms with E-state index in [0.717, 1.165) is 17.8 Å². The van der Waals surface area contributed by atoms with Crippen LogP contribution in [0.4, 0.5) is 0 Å². The quantitative estimate of drug-likeness (QED) is 0.752. The van der Waals surface area contributed by atoms with Gasteiger partial charge in [-0.25, -0.2) is 0 Å². The smallest absolute Gasteiger partial charge is 0.323 e. The van der Waals surface area contributed by atoms with Crippen molar-refractivity contribution in [3.63, 3.8) is 0 Å². The average Bonchev–Trinajstić information content (AvgIpc) is 2.72. The van der Waals surface area contributed by atoms with Gasteiger partial charge in [0.2, 0.25) is 0 Å². The van der Waals surface area contributed by atoms with Gasteiger partial charge in [-0.05, 0) is 20.3 Å². The topological polar surface area (TPSA) is 67.9 Å². The summed E-state index contributed by atoms with van der Waals surface area (Å²) in [5.41, 5.74) is 1.51. The van der Waals surface area contributed by atoms with Crippen LogP contribution >= 0.6 is 11.6 Å². The highest BCUT2D eigenvalue weighted by Gasteiger charge is 2.24. The monoisotopic (exact) mass is 283 g/mol. The second-order valence-corrected chi connectivity index (χ2v) is 4.39. The molecule has 104 valence electrons. The molecule has 0 fully saturated rings. The molecule has 0 aromatic carbocycles. The van der Waals surface area contributed by atoms with Crippen LogP contribution in [0.1, 0.15) is 32.2 Å². The first-order valence-electron chi connectivity index (χ1n) is 6.39. The van der Waals surface area contributed by atoms with Crippen molar-refractivity contribution in [3.8, 4) is 6.07 Å². The molecule has 19 heavy (non-hydrogen) atoms. The van der Waals surface area contributed by atoms with Crippen LogP contribution in [0.25, 0.3) is 0 Å². The van der Waals surface area contributed by atoms with E-state index in [0.29, 0.717) is 11.6 Å². The third-order valence-corrected chi connectivity index (χ3v) is 3.25. The van der Waals surface area contributed by atoms with Gasteiger partial charge in [0, 0.05) is 13.0 Å². The number of esters is 1. The average molecular weight is 284 g/mol. The van der Waals surface area contributed by atoms with Crippen LogP contribution in [0.15, 0.2) is 0 Å². The fourth-order valence-electron chi connectivity index (χ4n) is 1.83. The number of aryl methyl sites for hydroxylation is 2. The fourth-order valence-corrected chi connectivity index (χ4v) is 2.18. The lowest BCUT2D eigenvalue weighted by Crippen LogP contribution is -2.20. The molecule has 1 aromatic rings. The lowest BCUT2D eigenvalue weighted by molar-refractivity contribution is -0.146. The minimum absolute atomic E-state index is 0.231. The van der Waals surface area contributed by atoms with E-state index in [-0.39, 0.29) is 13.0 Å². The summed E-state index contributed by atoms with van der Waals surface area (Å²) in [5, 5.41) is 14.0. The summed E-state index contributed by atoms with van der Waals surface area (Å²) in [7, 11) is 0. The van der Waals surface area contributed by atoms with Gasteiger partial charge in [0.05, 0.1) is 29.1 Å². The van der Waals surface area contributed by atoms with Gasteiger partial charge in [0.15, 0.2) is 0 Å². The number of ether oxygens (including phenoxy) is 1. The van der Waals surface area contributed by atoms with Gasteiger partial charge in [0.25, 0.3) is 0 Å². The number of nitriles is 1. The number of halogens is 1. The number of carbonyl (C=O) groups is 1. The Bertz CT molecular complexity index is 491. The molecule has 5 nitrogen and oxygen atoms in total. The molecule has 1 atom stereocenters. The summed E-state index contributed by atoms with van der Waals surface area (Å²) >= 11 is 6.25. The summed E-state index contributed by atoms with van der Waals surface area (Å²) in [6.07, 6.45) is 0.949. The molecule has 0 amide bonds. The molecule has 0 aliphatic heterocycles. The number of hydrogen-bond acceptors (Lipinski definition) is 4. The zero-order chi connectivity index (χ0) is 14.4. The standard InChI is InChI=1S/C13H18ClN3O2/c1-4-10-12(14)11(17(5-2)16-10)7-9(8-15)13(18)19-6-3/h9H,4-7H2,1-3H3. The highest BCUT2D eigenvalue weighted by Crippen LogP contribution is 2.24. The number of nitrogens with zero attached hydrogens (tertiary/aromatic N) is 3. The van der Waals surface area contributed by atoms with Crippen LogP contribution in [0, 0.1) is 17.2 Å². The van der Waals surface area contributed by atoms with Gasteiger partial charge in [0.1, 0.15) is 5.92 Å². The van der Waals surface area contributed by atoms with Crippen LogP contribution < -0.4 is 0 Å². The molecule has 6 heteroatoms. The second-order valence-electron chi connectivity index (χ2n) is 4.01. The molecule has 0 spiro atoms. The minimum atomic E-state index is -0.843.